The van der Waals surface area contributed by atoms with Crippen LogP contribution in [0.5, 0.6) is 0 Å². The Morgan fingerprint density at radius 1 is 1.41 bits per heavy atom. The van der Waals surface area contributed by atoms with Gasteiger partial charge in [-0.2, -0.15) is 0 Å². The molecule has 2 aromatic rings. The quantitative estimate of drug-likeness (QED) is 0.818. The molecule has 6 heteroatoms. The molecule has 0 aliphatic carbocycles. The van der Waals surface area contributed by atoms with Gasteiger partial charge >= 0.3 is 0 Å². The highest BCUT2D eigenvalue weighted by Gasteiger charge is 2.18. The second kappa shape index (κ2) is 7.87. The molecule has 1 fully saturated rings. The summed E-state index contributed by atoms with van der Waals surface area (Å²) < 4.78 is 5.37. The van der Waals surface area contributed by atoms with E-state index in [0.717, 1.165) is 55.1 Å². The van der Waals surface area contributed by atoms with Gasteiger partial charge in [-0.15, -0.1) is 11.3 Å². The molecule has 5 nitrogen and oxygen atoms in total. The number of hydrogen-bond acceptors (Lipinski definition) is 6. The third kappa shape index (κ3) is 4.16. The molecule has 0 saturated carbocycles. The van der Waals surface area contributed by atoms with Gasteiger partial charge in [-0.1, -0.05) is 0 Å². The Balaban J connectivity index is 1.39. The Bertz CT molecular complexity index is 548. The van der Waals surface area contributed by atoms with E-state index >= 15 is 0 Å². The number of aromatic nitrogens is 1. The predicted octanol–water partition coefficient (Wildman–Crippen LogP) is 2.20. The standard InChI is InChI=1S/C16H23N3O2S/c20-8-7-19-5-3-13(4-6-19)10-17-11-14-12-22-16(18-14)15-2-1-9-21-15/h1-2,9,12-13,17,20H,3-8,10-11H2. The number of aliphatic hydroxyl groups is 1. The molecule has 120 valence electrons. The second-order valence-corrected chi connectivity index (χ2v) is 6.62. The van der Waals surface area contributed by atoms with Crippen LogP contribution < -0.4 is 5.32 Å². The Labute approximate surface area is 135 Å². The summed E-state index contributed by atoms with van der Waals surface area (Å²) in [6.45, 7) is 5.15. The lowest BCUT2D eigenvalue weighted by molar-refractivity contribution is 0.146. The van der Waals surface area contributed by atoms with Crippen LogP contribution in [0.25, 0.3) is 10.8 Å². The van der Waals surface area contributed by atoms with Crippen molar-refractivity contribution in [3.63, 3.8) is 0 Å². The van der Waals surface area contributed by atoms with Crippen molar-refractivity contribution in [2.75, 3.05) is 32.8 Å². The van der Waals surface area contributed by atoms with Gasteiger partial charge in [0.1, 0.15) is 0 Å². The van der Waals surface area contributed by atoms with Gasteiger partial charge in [-0.3, -0.25) is 0 Å². The average molecular weight is 321 g/mol. The summed E-state index contributed by atoms with van der Waals surface area (Å²) in [7, 11) is 0. The van der Waals surface area contributed by atoms with Gasteiger partial charge in [-0.05, 0) is 50.5 Å². The summed E-state index contributed by atoms with van der Waals surface area (Å²) in [5, 5.41) is 15.5. The molecule has 22 heavy (non-hydrogen) atoms. The largest absolute Gasteiger partial charge is 0.462 e. The van der Waals surface area contributed by atoms with Crippen LogP contribution in [0, 0.1) is 5.92 Å². The molecule has 0 bridgehead atoms. The number of rotatable bonds is 7. The molecule has 1 aliphatic rings. The zero-order valence-corrected chi connectivity index (χ0v) is 13.5. The van der Waals surface area contributed by atoms with Crippen LogP contribution in [0.3, 0.4) is 0 Å². The lowest BCUT2D eigenvalue weighted by Crippen LogP contribution is -2.38. The van der Waals surface area contributed by atoms with Crippen molar-refractivity contribution in [2.24, 2.45) is 5.92 Å². The van der Waals surface area contributed by atoms with Crippen molar-refractivity contribution in [2.45, 2.75) is 19.4 Å². The van der Waals surface area contributed by atoms with E-state index < -0.39 is 0 Å². The summed E-state index contributed by atoms with van der Waals surface area (Å²) >= 11 is 1.62. The minimum atomic E-state index is 0.269. The van der Waals surface area contributed by atoms with Gasteiger partial charge in [0.2, 0.25) is 0 Å². The van der Waals surface area contributed by atoms with E-state index in [-0.39, 0.29) is 6.61 Å². The molecule has 2 aromatic heterocycles. The molecule has 3 rings (SSSR count). The molecule has 0 unspecified atom stereocenters. The number of nitrogens with zero attached hydrogens (tertiary/aromatic N) is 2. The minimum absolute atomic E-state index is 0.269. The van der Waals surface area contributed by atoms with Crippen LogP contribution in [0.2, 0.25) is 0 Å². The summed E-state index contributed by atoms with van der Waals surface area (Å²) in [4.78, 5) is 6.94. The van der Waals surface area contributed by atoms with Crippen LogP contribution in [0.4, 0.5) is 0 Å². The van der Waals surface area contributed by atoms with Crippen molar-refractivity contribution in [3.05, 3.63) is 29.5 Å². The number of piperidine rings is 1. The zero-order chi connectivity index (χ0) is 15.2. The molecule has 0 radical (unpaired) electrons. The molecule has 1 saturated heterocycles. The van der Waals surface area contributed by atoms with Gasteiger partial charge in [0.15, 0.2) is 10.8 Å². The summed E-state index contributed by atoms with van der Waals surface area (Å²) in [5.74, 6) is 1.57. The Morgan fingerprint density at radius 2 is 2.27 bits per heavy atom. The topological polar surface area (TPSA) is 61.5 Å². The molecular weight excluding hydrogens is 298 g/mol. The van der Waals surface area contributed by atoms with Crippen LogP contribution in [-0.2, 0) is 6.54 Å². The minimum Gasteiger partial charge on any atom is -0.462 e. The highest BCUT2D eigenvalue weighted by atomic mass is 32.1. The number of hydrogen-bond donors (Lipinski definition) is 2. The second-order valence-electron chi connectivity index (χ2n) is 5.76. The Hall–Kier alpha value is -1.21. The number of likely N-dealkylation sites (tertiary alicyclic amines) is 1. The first kappa shape index (κ1) is 15.7. The van der Waals surface area contributed by atoms with Crippen molar-refractivity contribution in [1.82, 2.24) is 15.2 Å². The highest BCUT2D eigenvalue weighted by molar-refractivity contribution is 7.13. The molecule has 1 aliphatic heterocycles. The molecule has 2 N–H and O–H groups in total. The van der Waals surface area contributed by atoms with Crippen molar-refractivity contribution in [1.29, 1.82) is 0 Å². The monoisotopic (exact) mass is 321 g/mol. The molecule has 0 atom stereocenters. The SMILES string of the molecule is OCCN1CCC(CNCc2csc(-c3ccco3)n2)CC1. The molecular formula is C16H23N3O2S. The van der Waals surface area contributed by atoms with E-state index in [2.05, 4.69) is 20.6 Å². The third-order valence-electron chi connectivity index (χ3n) is 4.15. The van der Waals surface area contributed by atoms with Crippen molar-refractivity contribution >= 4 is 11.3 Å². The van der Waals surface area contributed by atoms with Crippen LogP contribution >= 0.6 is 11.3 Å². The Morgan fingerprint density at radius 3 is 3.00 bits per heavy atom. The van der Waals surface area contributed by atoms with E-state index in [4.69, 9.17) is 9.52 Å². The molecule has 0 amide bonds. The van der Waals surface area contributed by atoms with E-state index in [9.17, 15) is 0 Å². The normalized spacial score (nSPS) is 17.1. The molecule has 0 spiro atoms. The first-order valence-corrected chi connectivity index (χ1v) is 8.75. The Kier molecular flexibility index (Phi) is 5.61. The number of aliphatic hydroxyl groups excluding tert-OH is 1. The first-order valence-electron chi connectivity index (χ1n) is 7.87. The number of furan rings is 1. The number of thiazole rings is 1. The summed E-state index contributed by atoms with van der Waals surface area (Å²) in [6, 6.07) is 3.83. The summed E-state index contributed by atoms with van der Waals surface area (Å²) in [6.07, 6.45) is 4.10. The van der Waals surface area contributed by atoms with Gasteiger partial charge < -0.3 is 19.7 Å². The van der Waals surface area contributed by atoms with Crippen LogP contribution in [-0.4, -0.2) is 47.8 Å². The van der Waals surface area contributed by atoms with E-state index in [1.165, 1.54) is 12.8 Å². The average Bonchev–Trinajstić information content (AvgIpc) is 3.20. The van der Waals surface area contributed by atoms with E-state index in [1.807, 2.05) is 12.1 Å². The van der Waals surface area contributed by atoms with Crippen molar-refractivity contribution in [3.8, 4) is 10.8 Å². The van der Waals surface area contributed by atoms with Crippen LogP contribution in [0.1, 0.15) is 18.5 Å². The fourth-order valence-corrected chi connectivity index (χ4v) is 3.65. The summed E-state index contributed by atoms with van der Waals surface area (Å²) in [5.41, 5.74) is 1.08. The van der Waals surface area contributed by atoms with Crippen molar-refractivity contribution < 1.29 is 9.52 Å². The van der Waals surface area contributed by atoms with Gasteiger partial charge in [-0.25, -0.2) is 4.98 Å². The zero-order valence-electron chi connectivity index (χ0n) is 12.7. The fourth-order valence-electron chi connectivity index (χ4n) is 2.86. The molecule has 3 heterocycles. The first-order chi connectivity index (χ1) is 10.8. The number of β-amino-alcohol motifs (C(OH)–C–C–N with tert-alkyl or cyclic N) is 1. The maximum atomic E-state index is 8.96. The maximum absolute atomic E-state index is 8.96. The predicted molar refractivity (Wildman–Crippen MR) is 87.8 cm³/mol. The maximum Gasteiger partial charge on any atom is 0.162 e. The smallest absolute Gasteiger partial charge is 0.162 e. The lowest BCUT2D eigenvalue weighted by Gasteiger charge is -2.31. The fraction of sp³-hybridized carbons (Fsp3) is 0.562. The van der Waals surface area contributed by atoms with Gasteiger partial charge in [0, 0.05) is 18.5 Å². The number of nitrogens with one attached hydrogen (secondary N) is 1. The third-order valence-corrected chi connectivity index (χ3v) is 5.05. The molecule has 0 aromatic carbocycles. The van der Waals surface area contributed by atoms with E-state index in [0.29, 0.717) is 0 Å². The lowest BCUT2D eigenvalue weighted by atomic mass is 9.97. The van der Waals surface area contributed by atoms with Gasteiger partial charge in [0.25, 0.3) is 0 Å². The van der Waals surface area contributed by atoms with E-state index in [1.54, 1.807) is 17.6 Å². The van der Waals surface area contributed by atoms with Gasteiger partial charge in [0.05, 0.1) is 18.6 Å². The highest BCUT2D eigenvalue weighted by Crippen LogP contribution is 2.24. The van der Waals surface area contributed by atoms with Crippen LogP contribution in [0.15, 0.2) is 28.2 Å².